The topological polar surface area (TPSA) is 56.7 Å². The van der Waals surface area contributed by atoms with Gasteiger partial charge in [-0.25, -0.2) is 0 Å². The smallest absolute Gasteiger partial charge is 0.191 e. The molecule has 25 heavy (non-hydrogen) atoms. The summed E-state index contributed by atoms with van der Waals surface area (Å²) in [5.74, 6) is 1.38. The largest absolute Gasteiger partial charge is 0.369 e. The molecule has 1 aliphatic rings. The summed E-state index contributed by atoms with van der Waals surface area (Å²) < 4.78 is 11.9. The summed E-state index contributed by atoms with van der Waals surface area (Å²) >= 11 is 6.08. The van der Waals surface area contributed by atoms with Crippen LogP contribution in [0, 0.1) is 0 Å². The van der Waals surface area contributed by atoms with E-state index in [1.165, 1.54) is 0 Å². The maximum atomic E-state index is 12.1. The first kappa shape index (κ1) is 20.0. The summed E-state index contributed by atoms with van der Waals surface area (Å²) in [5, 5.41) is 7.49. The molecule has 1 fully saturated rings. The van der Waals surface area contributed by atoms with E-state index in [1.807, 2.05) is 39.0 Å². The molecule has 0 aliphatic carbocycles. The van der Waals surface area contributed by atoms with Gasteiger partial charge in [0.15, 0.2) is 5.96 Å². The van der Waals surface area contributed by atoms with Crippen LogP contribution in [0.3, 0.4) is 0 Å². The average molecular weight is 385 g/mol. The van der Waals surface area contributed by atoms with E-state index in [2.05, 4.69) is 26.6 Å². The van der Waals surface area contributed by atoms with Crippen molar-refractivity contribution in [2.75, 3.05) is 37.3 Å². The molecule has 0 saturated carbocycles. The second-order valence-corrected chi connectivity index (χ2v) is 9.98. The van der Waals surface area contributed by atoms with Gasteiger partial charge in [0.2, 0.25) is 0 Å². The third-order valence-electron chi connectivity index (χ3n) is 4.19. The maximum Gasteiger partial charge on any atom is 0.191 e. The lowest BCUT2D eigenvalue weighted by Crippen LogP contribution is -2.46. The third kappa shape index (κ3) is 6.19. The number of nitrogens with one attached hydrogen (secondary N) is 2. The Labute approximate surface area is 158 Å². The minimum atomic E-state index is -0.859. The number of nitrogens with zero attached hydrogens (tertiary/aromatic N) is 2. The van der Waals surface area contributed by atoms with Gasteiger partial charge >= 0.3 is 0 Å². The SMILES string of the molecule is CN=C(NCCS(=O)C(C)(C)C)NC1CCN(c2cccc(Cl)c2)C1. The van der Waals surface area contributed by atoms with Gasteiger partial charge in [-0.2, -0.15) is 0 Å². The Morgan fingerprint density at radius 2 is 2.20 bits per heavy atom. The van der Waals surface area contributed by atoms with Gasteiger partial charge in [0, 0.05) is 64.7 Å². The Morgan fingerprint density at radius 3 is 2.84 bits per heavy atom. The van der Waals surface area contributed by atoms with Crippen molar-refractivity contribution in [2.24, 2.45) is 4.99 Å². The molecule has 7 heteroatoms. The van der Waals surface area contributed by atoms with Gasteiger partial charge < -0.3 is 15.5 Å². The molecule has 5 nitrogen and oxygen atoms in total. The van der Waals surface area contributed by atoms with Crippen LogP contribution in [-0.2, 0) is 10.8 Å². The molecule has 0 amide bonds. The monoisotopic (exact) mass is 384 g/mol. The van der Waals surface area contributed by atoms with E-state index in [4.69, 9.17) is 11.6 Å². The Balaban J connectivity index is 1.80. The highest BCUT2D eigenvalue weighted by Crippen LogP contribution is 2.23. The van der Waals surface area contributed by atoms with Crippen LogP contribution in [0.4, 0.5) is 5.69 Å². The van der Waals surface area contributed by atoms with Crippen molar-refractivity contribution >= 4 is 34.0 Å². The van der Waals surface area contributed by atoms with Crippen LogP contribution in [0.25, 0.3) is 0 Å². The Kier molecular flexibility index (Phi) is 7.14. The molecule has 1 heterocycles. The fraction of sp³-hybridized carbons (Fsp3) is 0.611. The van der Waals surface area contributed by atoms with Crippen molar-refractivity contribution in [1.82, 2.24) is 10.6 Å². The summed E-state index contributed by atoms with van der Waals surface area (Å²) in [4.78, 5) is 6.60. The van der Waals surface area contributed by atoms with Gasteiger partial charge in [0.05, 0.1) is 0 Å². The van der Waals surface area contributed by atoms with Crippen molar-refractivity contribution in [3.05, 3.63) is 29.3 Å². The first-order valence-electron chi connectivity index (χ1n) is 8.66. The van der Waals surface area contributed by atoms with E-state index in [0.29, 0.717) is 18.3 Å². The second kappa shape index (κ2) is 8.90. The van der Waals surface area contributed by atoms with E-state index >= 15 is 0 Å². The van der Waals surface area contributed by atoms with Crippen LogP contribution in [0.5, 0.6) is 0 Å². The van der Waals surface area contributed by atoms with Gasteiger partial charge in [-0.15, -0.1) is 0 Å². The van der Waals surface area contributed by atoms with Gasteiger partial charge in [-0.3, -0.25) is 9.20 Å². The number of benzene rings is 1. The van der Waals surface area contributed by atoms with Crippen molar-refractivity contribution in [1.29, 1.82) is 0 Å². The fourth-order valence-corrected chi connectivity index (χ4v) is 3.83. The molecule has 1 aromatic carbocycles. The molecule has 0 bridgehead atoms. The van der Waals surface area contributed by atoms with Crippen LogP contribution in [0.1, 0.15) is 27.2 Å². The maximum absolute atomic E-state index is 12.1. The predicted octanol–water partition coefficient (Wildman–Crippen LogP) is 2.63. The molecule has 0 radical (unpaired) electrons. The zero-order valence-corrected chi connectivity index (χ0v) is 17.1. The van der Waals surface area contributed by atoms with Crippen LogP contribution in [-0.4, -0.2) is 53.4 Å². The average Bonchev–Trinajstić information content (AvgIpc) is 3.01. The van der Waals surface area contributed by atoms with Gasteiger partial charge in [-0.1, -0.05) is 17.7 Å². The molecular weight excluding hydrogens is 356 g/mol. The fourth-order valence-electron chi connectivity index (χ4n) is 2.74. The summed E-state index contributed by atoms with van der Waals surface area (Å²) in [5.41, 5.74) is 1.15. The van der Waals surface area contributed by atoms with Crippen molar-refractivity contribution in [3.8, 4) is 0 Å². The summed E-state index contributed by atoms with van der Waals surface area (Å²) in [6.07, 6.45) is 1.04. The van der Waals surface area contributed by atoms with Crippen LogP contribution in [0.15, 0.2) is 29.3 Å². The van der Waals surface area contributed by atoms with E-state index < -0.39 is 10.8 Å². The number of hydrogen-bond donors (Lipinski definition) is 2. The minimum absolute atomic E-state index is 0.179. The molecule has 0 spiro atoms. The van der Waals surface area contributed by atoms with Crippen LogP contribution >= 0.6 is 11.6 Å². The summed E-state index contributed by atoms with van der Waals surface area (Å²) in [6.45, 7) is 8.55. The third-order valence-corrected chi connectivity index (χ3v) is 6.37. The molecule has 140 valence electrons. The molecule has 2 unspecified atom stereocenters. The number of hydrogen-bond acceptors (Lipinski definition) is 3. The lowest BCUT2D eigenvalue weighted by atomic mass is 10.3. The first-order chi connectivity index (χ1) is 11.8. The van der Waals surface area contributed by atoms with Crippen molar-refractivity contribution in [2.45, 2.75) is 38.0 Å². The number of halogens is 1. The van der Waals surface area contributed by atoms with Crippen molar-refractivity contribution < 1.29 is 4.21 Å². The highest BCUT2D eigenvalue weighted by molar-refractivity contribution is 7.86. The summed E-state index contributed by atoms with van der Waals surface area (Å²) in [6, 6.07) is 8.29. The zero-order chi connectivity index (χ0) is 18.4. The highest BCUT2D eigenvalue weighted by Gasteiger charge is 2.24. The molecule has 1 aromatic rings. The van der Waals surface area contributed by atoms with E-state index in [9.17, 15) is 4.21 Å². The lowest BCUT2D eigenvalue weighted by molar-refractivity contribution is 0.641. The number of aliphatic imine (C=N–C) groups is 1. The Hall–Kier alpha value is -1.27. The zero-order valence-electron chi connectivity index (χ0n) is 15.5. The number of guanidine groups is 1. The Bertz CT molecular complexity index is 630. The molecule has 1 aliphatic heterocycles. The van der Waals surface area contributed by atoms with Gasteiger partial charge in [0.1, 0.15) is 0 Å². The van der Waals surface area contributed by atoms with Gasteiger partial charge in [-0.05, 0) is 45.4 Å². The second-order valence-electron chi connectivity index (χ2n) is 7.22. The molecule has 2 N–H and O–H groups in total. The van der Waals surface area contributed by atoms with Crippen molar-refractivity contribution in [3.63, 3.8) is 0 Å². The Morgan fingerprint density at radius 1 is 1.44 bits per heavy atom. The van der Waals surface area contributed by atoms with E-state index in [-0.39, 0.29) is 4.75 Å². The first-order valence-corrected chi connectivity index (χ1v) is 10.4. The van der Waals surface area contributed by atoms with Crippen LogP contribution in [0.2, 0.25) is 5.02 Å². The molecule has 1 saturated heterocycles. The minimum Gasteiger partial charge on any atom is -0.369 e. The van der Waals surface area contributed by atoms with Crippen LogP contribution < -0.4 is 15.5 Å². The number of anilines is 1. The quantitative estimate of drug-likeness (QED) is 0.605. The molecular formula is C18H29ClN4OS. The molecule has 2 atom stereocenters. The molecule has 0 aromatic heterocycles. The van der Waals surface area contributed by atoms with Gasteiger partial charge in [0.25, 0.3) is 0 Å². The van der Waals surface area contributed by atoms with E-state index in [1.54, 1.807) is 7.05 Å². The standard InChI is InChI=1S/C18H29ClN4OS/c1-18(2,3)25(24)11-9-21-17(20-4)22-15-8-10-23(13-15)16-7-5-6-14(19)12-16/h5-7,12,15H,8-11,13H2,1-4H3,(H2,20,21,22). The molecule has 2 rings (SSSR count). The predicted molar refractivity (Wildman–Crippen MR) is 109 cm³/mol. The van der Waals surface area contributed by atoms with E-state index in [0.717, 1.165) is 36.2 Å². The highest BCUT2D eigenvalue weighted by atomic mass is 35.5. The normalized spacial score (nSPS) is 19.8. The summed E-state index contributed by atoms with van der Waals surface area (Å²) in [7, 11) is 0.905. The lowest BCUT2D eigenvalue weighted by Gasteiger charge is -2.21. The number of rotatable bonds is 5.